The van der Waals surface area contributed by atoms with Crippen LogP contribution < -0.4 is 0 Å². The van der Waals surface area contributed by atoms with Crippen LogP contribution in [-0.4, -0.2) is 27.3 Å². The van der Waals surface area contributed by atoms with Crippen molar-refractivity contribution in [3.05, 3.63) is 6.33 Å². The Kier molecular flexibility index (Phi) is 1.86. The Morgan fingerprint density at radius 1 is 1.91 bits per heavy atom. The van der Waals surface area contributed by atoms with E-state index < -0.39 is 0 Å². The minimum Gasteiger partial charge on any atom is -0.369 e. The van der Waals surface area contributed by atoms with Gasteiger partial charge in [-0.3, -0.25) is 0 Å². The highest BCUT2D eigenvalue weighted by Crippen LogP contribution is 2.33. The molecule has 0 amide bonds. The highest BCUT2D eigenvalue weighted by atomic mass is 32.2. The molecule has 2 heterocycles. The minimum atomic E-state index is 0.121. The van der Waals surface area contributed by atoms with Gasteiger partial charge in [-0.2, -0.15) is 4.37 Å². The summed E-state index contributed by atoms with van der Waals surface area (Å²) in [6.07, 6.45) is 1.59. The molecule has 0 aromatic carbocycles. The molecule has 0 bridgehead atoms. The Bertz CT molecular complexity index is 233. The fourth-order valence-corrected chi connectivity index (χ4v) is 2.16. The quantitative estimate of drug-likeness (QED) is 0.531. The molecule has 1 atom stereocenters. The molecule has 3 nitrogen and oxygen atoms in total. The van der Waals surface area contributed by atoms with E-state index in [-0.39, 0.29) is 5.60 Å². The third kappa shape index (κ3) is 1.91. The van der Waals surface area contributed by atoms with Crippen molar-refractivity contribution in [1.29, 1.82) is 0 Å². The van der Waals surface area contributed by atoms with Gasteiger partial charge < -0.3 is 4.74 Å². The normalized spacial score (nSPS) is 28.8. The van der Waals surface area contributed by atoms with Gasteiger partial charge >= 0.3 is 0 Å². The lowest BCUT2D eigenvalue weighted by Gasteiger charge is -1.99. The predicted molar refractivity (Wildman–Crippen MR) is 45.0 cm³/mol. The second-order valence-corrected chi connectivity index (χ2v) is 4.74. The number of ether oxygens (including phenoxy) is 1. The summed E-state index contributed by atoms with van der Waals surface area (Å²) in [7, 11) is 0. The molecule has 5 heteroatoms. The molecule has 1 aromatic rings. The van der Waals surface area contributed by atoms with E-state index in [1.54, 1.807) is 18.1 Å². The lowest BCUT2D eigenvalue weighted by atomic mass is 10.3. The predicted octanol–water partition coefficient (Wildman–Crippen LogP) is 1.42. The zero-order valence-corrected chi connectivity index (χ0v) is 7.74. The molecule has 1 saturated heterocycles. The van der Waals surface area contributed by atoms with E-state index in [1.807, 2.05) is 0 Å². The molecule has 2 rings (SSSR count). The fourth-order valence-electron chi connectivity index (χ4n) is 0.647. The summed E-state index contributed by atoms with van der Waals surface area (Å²) in [6, 6.07) is 0. The molecular weight excluding hydrogens is 180 g/mol. The van der Waals surface area contributed by atoms with Gasteiger partial charge in [0.1, 0.15) is 6.33 Å². The summed E-state index contributed by atoms with van der Waals surface area (Å²) >= 11 is 3.15. The first-order chi connectivity index (χ1) is 5.29. The van der Waals surface area contributed by atoms with E-state index in [4.69, 9.17) is 4.74 Å². The van der Waals surface area contributed by atoms with E-state index in [9.17, 15) is 0 Å². The highest BCUT2D eigenvalue weighted by molar-refractivity contribution is 8.01. The van der Waals surface area contributed by atoms with Crippen molar-refractivity contribution in [2.75, 3.05) is 12.4 Å². The van der Waals surface area contributed by atoms with Crippen LogP contribution in [0.4, 0.5) is 0 Å². The first kappa shape index (κ1) is 7.52. The molecule has 60 valence electrons. The van der Waals surface area contributed by atoms with Gasteiger partial charge in [-0.15, -0.1) is 0 Å². The fraction of sp³-hybridized carbons (Fsp3) is 0.667. The van der Waals surface area contributed by atoms with Crippen LogP contribution in [0.5, 0.6) is 0 Å². The van der Waals surface area contributed by atoms with E-state index in [0.717, 1.165) is 16.7 Å². The number of thioether (sulfide) groups is 1. The van der Waals surface area contributed by atoms with Crippen molar-refractivity contribution in [3.8, 4) is 0 Å². The summed E-state index contributed by atoms with van der Waals surface area (Å²) in [4.78, 5) is 4.06. The SMILES string of the molecule is CC1(CSc2ncns2)CO1. The van der Waals surface area contributed by atoms with Crippen LogP contribution in [-0.2, 0) is 4.74 Å². The topological polar surface area (TPSA) is 38.3 Å². The maximum absolute atomic E-state index is 5.23. The number of epoxide rings is 1. The molecule has 1 fully saturated rings. The van der Waals surface area contributed by atoms with Crippen molar-refractivity contribution in [1.82, 2.24) is 9.36 Å². The van der Waals surface area contributed by atoms with Gasteiger partial charge in [-0.05, 0) is 18.5 Å². The standard InChI is InChI=1S/C6H8N2OS2/c1-6(2-9-6)3-10-5-7-4-8-11-5/h4H,2-3H2,1H3. The van der Waals surface area contributed by atoms with E-state index >= 15 is 0 Å². The zero-order valence-electron chi connectivity index (χ0n) is 6.11. The molecule has 0 N–H and O–H groups in total. The van der Waals surface area contributed by atoms with Crippen molar-refractivity contribution in [2.24, 2.45) is 0 Å². The summed E-state index contributed by atoms with van der Waals surface area (Å²) in [5.41, 5.74) is 0.121. The van der Waals surface area contributed by atoms with Gasteiger partial charge in [-0.1, -0.05) is 11.8 Å². The average molecular weight is 188 g/mol. The van der Waals surface area contributed by atoms with Crippen LogP contribution in [0.1, 0.15) is 6.92 Å². The van der Waals surface area contributed by atoms with Gasteiger partial charge in [0.25, 0.3) is 0 Å². The van der Waals surface area contributed by atoms with Gasteiger partial charge in [0.05, 0.1) is 12.2 Å². The van der Waals surface area contributed by atoms with Gasteiger partial charge in [0, 0.05) is 5.75 Å². The monoisotopic (exact) mass is 188 g/mol. The van der Waals surface area contributed by atoms with Crippen LogP contribution >= 0.6 is 23.3 Å². The molecule has 11 heavy (non-hydrogen) atoms. The Balaban J connectivity index is 1.83. The largest absolute Gasteiger partial charge is 0.369 e. The summed E-state index contributed by atoms with van der Waals surface area (Å²) < 4.78 is 10.2. The molecule has 1 aliphatic heterocycles. The Labute approximate surface area is 73.3 Å². The third-order valence-corrected chi connectivity index (χ3v) is 3.62. The van der Waals surface area contributed by atoms with Crippen LogP contribution in [0.3, 0.4) is 0 Å². The second kappa shape index (κ2) is 2.73. The lowest BCUT2D eigenvalue weighted by Crippen LogP contribution is -2.07. The first-order valence-electron chi connectivity index (χ1n) is 3.32. The number of hydrogen-bond acceptors (Lipinski definition) is 5. The molecular formula is C6H8N2OS2. The smallest absolute Gasteiger partial charge is 0.169 e. The lowest BCUT2D eigenvalue weighted by molar-refractivity contribution is 0.348. The Morgan fingerprint density at radius 2 is 2.73 bits per heavy atom. The van der Waals surface area contributed by atoms with Gasteiger partial charge in [0.2, 0.25) is 0 Å². The highest BCUT2D eigenvalue weighted by Gasteiger charge is 2.39. The third-order valence-electron chi connectivity index (χ3n) is 1.48. The average Bonchev–Trinajstić information content (AvgIpc) is 2.53. The summed E-state index contributed by atoms with van der Waals surface area (Å²) in [6.45, 7) is 3.00. The van der Waals surface area contributed by atoms with Crippen molar-refractivity contribution >= 4 is 23.3 Å². The number of rotatable bonds is 3. The molecule has 1 aromatic heterocycles. The van der Waals surface area contributed by atoms with Crippen molar-refractivity contribution < 1.29 is 4.74 Å². The second-order valence-electron chi connectivity index (χ2n) is 2.73. The number of hydrogen-bond donors (Lipinski definition) is 0. The molecule has 1 aliphatic rings. The molecule has 0 spiro atoms. The number of aromatic nitrogens is 2. The van der Waals surface area contributed by atoms with Crippen LogP contribution in [0.15, 0.2) is 10.7 Å². The minimum absolute atomic E-state index is 0.121. The maximum atomic E-state index is 5.23. The molecule has 1 unspecified atom stereocenters. The molecule has 0 radical (unpaired) electrons. The van der Waals surface area contributed by atoms with Crippen molar-refractivity contribution in [3.63, 3.8) is 0 Å². The maximum Gasteiger partial charge on any atom is 0.169 e. The molecule has 0 aliphatic carbocycles. The first-order valence-corrected chi connectivity index (χ1v) is 5.08. The zero-order chi connectivity index (χ0) is 7.73. The van der Waals surface area contributed by atoms with Crippen molar-refractivity contribution in [2.45, 2.75) is 16.9 Å². The Hall–Kier alpha value is -0.130. The molecule has 0 saturated carbocycles. The van der Waals surface area contributed by atoms with E-state index in [0.29, 0.717) is 0 Å². The summed E-state index contributed by atoms with van der Waals surface area (Å²) in [5.74, 6) is 0.988. The van der Waals surface area contributed by atoms with E-state index in [1.165, 1.54) is 11.5 Å². The van der Waals surface area contributed by atoms with Gasteiger partial charge in [-0.25, -0.2) is 4.98 Å². The van der Waals surface area contributed by atoms with E-state index in [2.05, 4.69) is 16.3 Å². The van der Waals surface area contributed by atoms with Crippen LogP contribution in [0.25, 0.3) is 0 Å². The van der Waals surface area contributed by atoms with Crippen LogP contribution in [0, 0.1) is 0 Å². The summed E-state index contributed by atoms with van der Waals surface area (Å²) in [5, 5.41) is 0. The number of nitrogens with zero attached hydrogens (tertiary/aromatic N) is 2. The Morgan fingerprint density at radius 3 is 3.27 bits per heavy atom. The van der Waals surface area contributed by atoms with Crippen LogP contribution in [0.2, 0.25) is 0 Å². The van der Waals surface area contributed by atoms with Gasteiger partial charge in [0.15, 0.2) is 4.34 Å².